The molecule has 0 aliphatic heterocycles. The van der Waals surface area contributed by atoms with Crippen molar-refractivity contribution in [2.24, 2.45) is 5.73 Å². The molecule has 0 fully saturated rings. The minimum absolute atomic E-state index is 0.121. The highest BCUT2D eigenvalue weighted by atomic mass is 16.5. The fraction of sp³-hybridized carbons (Fsp3) is 0.615. The molecule has 0 radical (unpaired) electrons. The number of carbonyl (C=O) groups excluding carboxylic acids is 1. The molecule has 0 aromatic carbocycles. The Kier molecular flexibility index (Phi) is 3.84. The van der Waals surface area contributed by atoms with Gasteiger partial charge in [0.05, 0.1) is 6.61 Å². The highest BCUT2D eigenvalue weighted by Gasteiger charge is 2.18. The van der Waals surface area contributed by atoms with E-state index in [2.05, 4.69) is 0 Å². The van der Waals surface area contributed by atoms with Gasteiger partial charge in [-0.3, -0.25) is 4.79 Å². The second kappa shape index (κ2) is 5.36. The molecule has 0 amide bonds. The van der Waals surface area contributed by atoms with Crippen LogP contribution in [0.25, 0.3) is 0 Å². The van der Waals surface area contributed by atoms with Crippen molar-refractivity contribution in [3.05, 3.63) is 23.5 Å². The molecule has 1 aromatic heterocycles. The van der Waals surface area contributed by atoms with Gasteiger partial charge in [-0.25, -0.2) is 0 Å². The first kappa shape index (κ1) is 12.2. The third kappa shape index (κ3) is 2.88. The number of hydrogen-bond donors (Lipinski definition) is 1. The molecule has 94 valence electrons. The van der Waals surface area contributed by atoms with Crippen molar-refractivity contribution in [2.75, 3.05) is 6.61 Å². The molecule has 1 unspecified atom stereocenters. The predicted octanol–water partition coefficient (Wildman–Crippen LogP) is 1.78. The molecular weight excluding hydrogens is 216 g/mol. The van der Waals surface area contributed by atoms with E-state index in [1.807, 2.05) is 23.9 Å². The topological polar surface area (TPSA) is 57.2 Å². The average Bonchev–Trinajstić information content (AvgIpc) is 2.60. The first-order chi connectivity index (χ1) is 8.20. The SMILES string of the molecule is CCOC(=O)Cn1cc2c(c1)C(N)CCCC2. The Morgan fingerprint density at radius 3 is 3.12 bits per heavy atom. The first-order valence-corrected chi connectivity index (χ1v) is 6.30. The van der Waals surface area contributed by atoms with Crippen LogP contribution in [0.3, 0.4) is 0 Å². The van der Waals surface area contributed by atoms with Gasteiger partial charge >= 0.3 is 5.97 Å². The van der Waals surface area contributed by atoms with E-state index in [1.54, 1.807) is 0 Å². The van der Waals surface area contributed by atoms with Crippen molar-refractivity contribution in [2.45, 2.75) is 45.2 Å². The maximum absolute atomic E-state index is 11.4. The number of ether oxygens (including phenoxy) is 1. The summed E-state index contributed by atoms with van der Waals surface area (Å²) in [6.07, 6.45) is 8.52. The van der Waals surface area contributed by atoms with Crippen LogP contribution in [0.5, 0.6) is 0 Å². The fourth-order valence-corrected chi connectivity index (χ4v) is 2.40. The van der Waals surface area contributed by atoms with Crippen LogP contribution >= 0.6 is 0 Å². The third-order valence-electron chi connectivity index (χ3n) is 3.23. The Bertz CT molecular complexity index is 398. The van der Waals surface area contributed by atoms with E-state index >= 15 is 0 Å². The number of esters is 1. The average molecular weight is 236 g/mol. The molecule has 0 saturated heterocycles. The number of nitrogens with zero attached hydrogens (tertiary/aromatic N) is 1. The Morgan fingerprint density at radius 1 is 1.53 bits per heavy atom. The van der Waals surface area contributed by atoms with Crippen LogP contribution in [0, 0.1) is 0 Å². The summed E-state index contributed by atoms with van der Waals surface area (Å²) in [5.41, 5.74) is 8.61. The van der Waals surface area contributed by atoms with E-state index in [0.29, 0.717) is 6.61 Å². The summed E-state index contributed by atoms with van der Waals surface area (Å²) in [4.78, 5) is 11.4. The van der Waals surface area contributed by atoms with Crippen molar-refractivity contribution < 1.29 is 9.53 Å². The van der Waals surface area contributed by atoms with Crippen molar-refractivity contribution in [1.82, 2.24) is 4.57 Å². The lowest BCUT2D eigenvalue weighted by atomic mass is 10.1. The third-order valence-corrected chi connectivity index (χ3v) is 3.23. The molecule has 0 spiro atoms. The van der Waals surface area contributed by atoms with Gasteiger partial charge in [-0.15, -0.1) is 0 Å². The second-order valence-electron chi connectivity index (χ2n) is 4.57. The van der Waals surface area contributed by atoms with Gasteiger partial charge in [-0.2, -0.15) is 0 Å². The van der Waals surface area contributed by atoms with Gasteiger partial charge in [-0.05, 0) is 37.3 Å². The van der Waals surface area contributed by atoms with Gasteiger partial charge in [0.2, 0.25) is 0 Å². The Morgan fingerprint density at radius 2 is 2.35 bits per heavy atom. The zero-order valence-corrected chi connectivity index (χ0v) is 10.3. The minimum Gasteiger partial charge on any atom is -0.465 e. The molecule has 2 N–H and O–H groups in total. The van der Waals surface area contributed by atoms with Gasteiger partial charge in [-0.1, -0.05) is 6.42 Å². The number of aromatic nitrogens is 1. The number of hydrogen-bond acceptors (Lipinski definition) is 3. The lowest BCUT2D eigenvalue weighted by Crippen LogP contribution is -2.12. The minimum atomic E-state index is -0.189. The van der Waals surface area contributed by atoms with Crippen LogP contribution in [0.2, 0.25) is 0 Å². The summed E-state index contributed by atoms with van der Waals surface area (Å²) in [5.74, 6) is -0.189. The summed E-state index contributed by atoms with van der Waals surface area (Å²) in [7, 11) is 0. The summed E-state index contributed by atoms with van der Waals surface area (Å²) in [6, 6.07) is 0.121. The van der Waals surface area contributed by atoms with Crippen LogP contribution in [-0.4, -0.2) is 17.1 Å². The van der Waals surface area contributed by atoms with E-state index in [-0.39, 0.29) is 18.6 Å². The molecule has 1 aliphatic rings. The number of aryl methyl sites for hydroxylation is 1. The van der Waals surface area contributed by atoms with Gasteiger partial charge < -0.3 is 15.0 Å². The smallest absolute Gasteiger partial charge is 0.325 e. The maximum atomic E-state index is 11.4. The monoisotopic (exact) mass is 236 g/mol. The number of carbonyl (C=O) groups is 1. The Hall–Kier alpha value is -1.29. The summed E-state index contributed by atoms with van der Waals surface area (Å²) in [6.45, 7) is 2.53. The van der Waals surface area contributed by atoms with E-state index in [9.17, 15) is 4.79 Å². The second-order valence-corrected chi connectivity index (χ2v) is 4.57. The summed E-state index contributed by atoms with van der Waals surface area (Å²) < 4.78 is 6.84. The van der Waals surface area contributed by atoms with Crippen molar-refractivity contribution in [3.8, 4) is 0 Å². The molecule has 2 rings (SSSR count). The molecule has 4 heteroatoms. The molecule has 17 heavy (non-hydrogen) atoms. The molecule has 1 atom stereocenters. The first-order valence-electron chi connectivity index (χ1n) is 6.30. The Labute approximate surface area is 102 Å². The lowest BCUT2D eigenvalue weighted by Gasteiger charge is -2.07. The molecule has 1 aromatic rings. The van der Waals surface area contributed by atoms with E-state index < -0.39 is 0 Å². The van der Waals surface area contributed by atoms with Crippen LogP contribution < -0.4 is 5.73 Å². The highest BCUT2D eigenvalue weighted by Crippen LogP contribution is 2.27. The normalized spacial score (nSPS) is 19.5. The molecular formula is C13H20N2O2. The van der Waals surface area contributed by atoms with Crippen LogP contribution in [0.1, 0.15) is 43.4 Å². The molecule has 1 aliphatic carbocycles. The van der Waals surface area contributed by atoms with Crippen LogP contribution in [-0.2, 0) is 22.5 Å². The molecule has 1 heterocycles. The van der Waals surface area contributed by atoms with Gasteiger partial charge in [0, 0.05) is 18.4 Å². The van der Waals surface area contributed by atoms with Gasteiger partial charge in [0.1, 0.15) is 6.54 Å². The fourth-order valence-electron chi connectivity index (χ4n) is 2.40. The van der Waals surface area contributed by atoms with Crippen LogP contribution in [0.4, 0.5) is 0 Å². The largest absolute Gasteiger partial charge is 0.465 e. The highest BCUT2D eigenvalue weighted by molar-refractivity contribution is 5.69. The lowest BCUT2D eigenvalue weighted by molar-refractivity contribution is -0.143. The van der Waals surface area contributed by atoms with Gasteiger partial charge in [0.15, 0.2) is 0 Å². The Balaban J connectivity index is 2.11. The van der Waals surface area contributed by atoms with Crippen molar-refractivity contribution in [1.29, 1.82) is 0 Å². The quantitative estimate of drug-likeness (QED) is 0.643. The zero-order chi connectivity index (χ0) is 12.3. The van der Waals surface area contributed by atoms with E-state index in [4.69, 9.17) is 10.5 Å². The number of fused-ring (bicyclic) bond motifs is 1. The number of nitrogens with two attached hydrogens (primary N) is 1. The molecule has 4 nitrogen and oxygen atoms in total. The van der Waals surface area contributed by atoms with Gasteiger partial charge in [0.25, 0.3) is 0 Å². The van der Waals surface area contributed by atoms with Crippen LogP contribution in [0.15, 0.2) is 12.4 Å². The zero-order valence-electron chi connectivity index (χ0n) is 10.3. The summed E-state index contributed by atoms with van der Waals surface area (Å²) >= 11 is 0. The predicted molar refractivity (Wildman–Crippen MR) is 65.5 cm³/mol. The van der Waals surface area contributed by atoms with E-state index in [0.717, 1.165) is 12.8 Å². The van der Waals surface area contributed by atoms with E-state index in [1.165, 1.54) is 24.0 Å². The number of rotatable bonds is 3. The van der Waals surface area contributed by atoms with Crippen molar-refractivity contribution >= 4 is 5.97 Å². The molecule has 0 bridgehead atoms. The van der Waals surface area contributed by atoms with Crippen molar-refractivity contribution in [3.63, 3.8) is 0 Å². The standard InChI is InChI=1S/C13H20N2O2/c1-2-17-13(16)9-15-7-10-5-3-4-6-12(14)11(10)8-15/h7-8,12H,2-6,9,14H2,1H3. The summed E-state index contributed by atoms with van der Waals surface area (Å²) in [5, 5.41) is 0. The molecule has 0 saturated carbocycles. The maximum Gasteiger partial charge on any atom is 0.325 e.